The van der Waals surface area contributed by atoms with E-state index in [1.54, 1.807) is 0 Å². The maximum absolute atomic E-state index is 5.77. The molecule has 2 nitrogen and oxygen atoms in total. The highest BCUT2D eigenvalue weighted by atomic mass is 16.5. The van der Waals surface area contributed by atoms with Crippen LogP contribution in [0.2, 0.25) is 0 Å². The van der Waals surface area contributed by atoms with Gasteiger partial charge in [-0.1, -0.05) is 50.1 Å². The number of benzene rings is 1. The highest BCUT2D eigenvalue weighted by Crippen LogP contribution is 2.14. The van der Waals surface area contributed by atoms with Crippen molar-refractivity contribution in [3.05, 3.63) is 35.9 Å². The Bertz CT molecular complexity index is 274. The summed E-state index contributed by atoms with van der Waals surface area (Å²) in [7, 11) is 0. The van der Waals surface area contributed by atoms with E-state index in [9.17, 15) is 0 Å². The summed E-state index contributed by atoms with van der Waals surface area (Å²) in [6, 6.07) is 10.4. The Balaban J connectivity index is 2.03. The molecule has 0 aliphatic carbocycles. The van der Waals surface area contributed by atoms with Crippen molar-refractivity contribution >= 4 is 0 Å². The molecule has 1 rings (SSSR count). The third-order valence-corrected chi connectivity index (χ3v) is 2.87. The SMILES string of the molecule is CCCCCNCCOC(C)c1ccccc1. The van der Waals surface area contributed by atoms with Crippen LogP contribution in [0, 0.1) is 0 Å². The first kappa shape index (κ1) is 14.2. The quantitative estimate of drug-likeness (QED) is 0.661. The summed E-state index contributed by atoms with van der Waals surface area (Å²) in [5.74, 6) is 0. The zero-order chi connectivity index (χ0) is 12.3. The molecule has 0 heterocycles. The molecule has 0 saturated heterocycles. The first-order valence-corrected chi connectivity index (χ1v) is 6.72. The summed E-state index contributed by atoms with van der Waals surface area (Å²) in [6.45, 7) is 7.16. The van der Waals surface area contributed by atoms with E-state index in [2.05, 4.69) is 43.4 Å². The lowest BCUT2D eigenvalue weighted by molar-refractivity contribution is 0.0678. The van der Waals surface area contributed by atoms with Gasteiger partial charge in [-0.3, -0.25) is 0 Å². The predicted octanol–water partition coefficient (Wildman–Crippen LogP) is 3.54. The predicted molar refractivity (Wildman–Crippen MR) is 73.2 cm³/mol. The van der Waals surface area contributed by atoms with Crippen LogP contribution in [0.25, 0.3) is 0 Å². The second-order valence-electron chi connectivity index (χ2n) is 4.38. The van der Waals surface area contributed by atoms with Gasteiger partial charge in [0.1, 0.15) is 0 Å². The molecule has 1 aromatic carbocycles. The van der Waals surface area contributed by atoms with Gasteiger partial charge in [0.15, 0.2) is 0 Å². The van der Waals surface area contributed by atoms with E-state index in [0.29, 0.717) is 0 Å². The van der Waals surface area contributed by atoms with Crippen molar-refractivity contribution in [3.63, 3.8) is 0 Å². The Kier molecular flexibility index (Phi) is 7.69. The molecule has 0 aromatic heterocycles. The smallest absolute Gasteiger partial charge is 0.0797 e. The Morgan fingerprint density at radius 1 is 1.12 bits per heavy atom. The molecule has 0 amide bonds. The normalized spacial score (nSPS) is 12.6. The lowest BCUT2D eigenvalue weighted by Gasteiger charge is -2.13. The molecule has 0 fully saturated rings. The fourth-order valence-corrected chi connectivity index (χ4v) is 1.75. The summed E-state index contributed by atoms with van der Waals surface area (Å²) >= 11 is 0. The van der Waals surface area contributed by atoms with E-state index in [1.807, 2.05) is 6.07 Å². The lowest BCUT2D eigenvalue weighted by Crippen LogP contribution is -2.21. The molecule has 0 aliphatic heterocycles. The number of rotatable bonds is 9. The van der Waals surface area contributed by atoms with Gasteiger partial charge in [-0.2, -0.15) is 0 Å². The van der Waals surface area contributed by atoms with Crippen LogP contribution in [0.1, 0.15) is 44.8 Å². The fraction of sp³-hybridized carbons (Fsp3) is 0.600. The molecule has 17 heavy (non-hydrogen) atoms. The molecule has 0 saturated carbocycles. The first-order chi connectivity index (χ1) is 8.34. The average Bonchev–Trinajstić information content (AvgIpc) is 2.38. The van der Waals surface area contributed by atoms with Crippen molar-refractivity contribution in [3.8, 4) is 0 Å². The van der Waals surface area contributed by atoms with Crippen LogP contribution in [-0.4, -0.2) is 19.7 Å². The molecule has 96 valence electrons. The van der Waals surface area contributed by atoms with Gasteiger partial charge >= 0.3 is 0 Å². The number of unbranched alkanes of at least 4 members (excludes halogenated alkanes) is 2. The van der Waals surface area contributed by atoms with Crippen LogP contribution in [0.4, 0.5) is 0 Å². The number of nitrogens with one attached hydrogen (secondary N) is 1. The van der Waals surface area contributed by atoms with E-state index in [-0.39, 0.29) is 6.10 Å². The van der Waals surface area contributed by atoms with Crippen LogP contribution in [0.15, 0.2) is 30.3 Å². The van der Waals surface area contributed by atoms with Crippen molar-refractivity contribution in [1.29, 1.82) is 0 Å². The van der Waals surface area contributed by atoms with Gasteiger partial charge in [-0.25, -0.2) is 0 Å². The Morgan fingerprint density at radius 3 is 2.59 bits per heavy atom. The molecule has 1 unspecified atom stereocenters. The summed E-state index contributed by atoms with van der Waals surface area (Å²) in [4.78, 5) is 0. The number of hydrogen-bond acceptors (Lipinski definition) is 2. The standard InChI is InChI=1S/C15H25NO/c1-3-4-8-11-16-12-13-17-14(2)15-9-6-5-7-10-15/h5-7,9-10,14,16H,3-4,8,11-13H2,1-2H3. The van der Waals surface area contributed by atoms with E-state index in [0.717, 1.165) is 19.7 Å². The molecule has 0 radical (unpaired) electrons. The number of hydrogen-bond donors (Lipinski definition) is 1. The van der Waals surface area contributed by atoms with E-state index >= 15 is 0 Å². The lowest BCUT2D eigenvalue weighted by atomic mass is 10.1. The van der Waals surface area contributed by atoms with Crippen molar-refractivity contribution < 1.29 is 4.74 Å². The number of ether oxygens (including phenoxy) is 1. The van der Waals surface area contributed by atoms with Crippen molar-refractivity contribution in [2.75, 3.05) is 19.7 Å². The van der Waals surface area contributed by atoms with Gasteiger partial charge in [0.2, 0.25) is 0 Å². The molecule has 2 heteroatoms. The Hall–Kier alpha value is -0.860. The molecule has 0 spiro atoms. The molecule has 1 N–H and O–H groups in total. The topological polar surface area (TPSA) is 21.3 Å². The Morgan fingerprint density at radius 2 is 1.88 bits per heavy atom. The molecule has 0 bridgehead atoms. The average molecular weight is 235 g/mol. The van der Waals surface area contributed by atoms with E-state index < -0.39 is 0 Å². The van der Waals surface area contributed by atoms with Crippen LogP contribution < -0.4 is 5.32 Å². The minimum absolute atomic E-state index is 0.189. The van der Waals surface area contributed by atoms with Crippen LogP contribution in [0.3, 0.4) is 0 Å². The van der Waals surface area contributed by atoms with Gasteiger partial charge in [0.25, 0.3) is 0 Å². The van der Waals surface area contributed by atoms with E-state index in [1.165, 1.54) is 24.8 Å². The minimum atomic E-state index is 0.189. The highest BCUT2D eigenvalue weighted by molar-refractivity contribution is 5.16. The third-order valence-electron chi connectivity index (χ3n) is 2.87. The Labute approximate surface area is 105 Å². The summed E-state index contributed by atoms with van der Waals surface area (Å²) in [5.41, 5.74) is 1.25. The molecule has 1 aromatic rings. The van der Waals surface area contributed by atoms with Crippen LogP contribution in [-0.2, 0) is 4.74 Å². The summed E-state index contributed by atoms with van der Waals surface area (Å²) in [5, 5.41) is 3.40. The van der Waals surface area contributed by atoms with Crippen LogP contribution >= 0.6 is 0 Å². The van der Waals surface area contributed by atoms with Gasteiger partial charge in [-0.05, 0) is 25.5 Å². The minimum Gasteiger partial charge on any atom is -0.373 e. The zero-order valence-electron chi connectivity index (χ0n) is 11.1. The highest BCUT2D eigenvalue weighted by Gasteiger charge is 2.03. The second kappa shape index (κ2) is 9.20. The monoisotopic (exact) mass is 235 g/mol. The molecule has 0 aliphatic rings. The maximum Gasteiger partial charge on any atom is 0.0797 e. The van der Waals surface area contributed by atoms with Crippen molar-refractivity contribution in [2.45, 2.75) is 39.2 Å². The fourth-order valence-electron chi connectivity index (χ4n) is 1.75. The third kappa shape index (κ3) is 6.44. The second-order valence-corrected chi connectivity index (χ2v) is 4.38. The maximum atomic E-state index is 5.77. The molecular weight excluding hydrogens is 210 g/mol. The van der Waals surface area contributed by atoms with Crippen molar-refractivity contribution in [2.24, 2.45) is 0 Å². The summed E-state index contributed by atoms with van der Waals surface area (Å²) in [6.07, 6.45) is 4.05. The van der Waals surface area contributed by atoms with Crippen molar-refractivity contribution in [1.82, 2.24) is 5.32 Å². The van der Waals surface area contributed by atoms with Gasteiger partial charge in [0, 0.05) is 6.54 Å². The van der Waals surface area contributed by atoms with Gasteiger partial charge in [-0.15, -0.1) is 0 Å². The first-order valence-electron chi connectivity index (χ1n) is 6.72. The zero-order valence-corrected chi connectivity index (χ0v) is 11.1. The molecule has 1 atom stereocenters. The molecular formula is C15H25NO. The van der Waals surface area contributed by atoms with E-state index in [4.69, 9.17) is 4.74 Å². The van der Waals surface area contributed by atoms with Gasteiger partial charge in [0.05, 0.1) is 12.7 Å². The largest absolute Gasteiger partial charge is 0.373 e. The van der Waals surface area contributed by atoms with Crippen LogP contribution in [0.5, 0.6) is 0 Å². The van der Waals surface area contributed by atoms with Gasteiger partial charge < -0.3 is 10.1 Å². The summed E-state index contributed by atoms with van der Waals surface area (Å²) < 4.78 is 5.77.